The molecule has 0 saturated heterocycles. The SMILES string of the molecule is O=C([C@@H]1C[C@H]2CC[C@@H]1C2)N(Cc1cccnc1)Cc1ccco1. The minimum absolute atomic E-state index is 0.209. The first-order valence-corrected chi connectivity index (χ1v) is 8.49. The number of rotatable bonds is 5. The average molecular weight is 310 g/mol. The molecule has 0 aromatic carbocycles. The number of hydrogen-bond donors (Lipinski definition) is 0. The van der Waals surface area contributed by atoms with Crippen LogP contribution in [-0.2, 0) is 17.9 Å². The molecule has 3 atom stereocenters. The highest BCUT2D eigenvalue weighted by atomic mass is 16.3. The summed E-state index contributed by atoms with van der Waals surface area (Å²) in [7, 11) is 0. The summed E-state index contributed by atoms with van der Waals surface area (Å²) < 4.78 is 5.47. The zero-order chi connectivity index (χ0) is 15.6. The first-order valence-electron chi connectivity index (χ1n) is 8.49. The van der Waals surface area contributed by atoms with Gasteiger partial charge in [0, 0.05) is 24.9 Å². The molecule has 0 unspecified atom stereocenters. The Hall–Kier alpha value is -2.10. The Morgan fingerprint density at radius 3 is 2.83 bits per heavy atom. The van der Waals surface area contributed by atoms with Crippen LogP contribution >= 0.6 is 0 Å². The van der Waals surface area contributed by atoms with Crippen molar-refractivity contribution in [3.8, 4) is 0 Å². The minimum Gasteiger partial charge on any atom is -0.467 e. The normalized spacial score (nSPS) is 25.7. The Labute approximate surface area is 136 Å². The third-order valence-corrected chi connectivity index (χ3v) is 5.39. The molecule has 2 aliphatic rings. The standard InChI is InChI=1S/C19H22N2O2/c22-19(18-10-14-5-6-16(18)9-14)21(13-17-4-2-8-23-17)12-15-3-1-7-20-11-15/h1-4,7-8,11,14,16,18H,5-6,9-10,12-13H2/t14-,16+,18+/m0/s1. The lowest BCUT2D eigenvalue weighted by Crippen LogP contribution is -2.37. The highest BCUT2D eigenvalue weighted by Gasteiger charge is 2.44. The van der Waals surface area contributed by atoms with E-state index in [4.69, 9.17) is 4.42 Å². The second-order valence-corrected chi connectivity index (χ2v) is 6.92. The number of pyridine rings is 1. The van der Waals surface area contributed by atoms with E-state index in [2.05, 4.69) is 4.98 Å². The lowest BCUT2D eigenvalue weighted by atomic mass is 9.87. The molecule has 1 amide bonds. The summed E-state index contributed by atoms with van der Waals surface area (Å²) in [6, 6.07) is 7.75. The molecule has 0 N–H and O–H groups in total. The van der Waals surface area contributed by atoms with Crippen molar-refractivity contribution < 1.29 is 9.21 Å². The summed E-state index contributed by atoms with van der Waals surface area (Å²) >= 11 is 0. The van der Waals surface area contributed by atoms with Gasteiger partial charge in [-0.1, -0.05) is 12.5 Å². The maximum Gasteiger partial charge on any atom is 0.226 e. The fraction of sp³-hybridized carbons (Fsp3) is 0.474. The molecular formula is C19H22N2O2. The molecule has 2 fully saturated rings. The van der Waals surface area contributed by atoms with Crippen molar-refractivity contribution in [3.63, 3.8) is 0 Å². The van der Waals surface area contributed by atoms with Crippen molar-refractivity contribution in [2.24, 2.45) is 17.8 Å². The Bertz CT molecular complexity index is 653. The van der Waals surface area contributed by atoms with Crippen LogP contribution in [0.3, 0.4) is 0 Å². The van der Waals surface area contributed by atoms with Gasteiger partial charge >= 0.3 is 0 Å². The summed E-state index contributed by atoms with van der Waals surface area (Å²) in [5.41, 5.74) is 1.07. The van der Waals surface area contributed by atoms with E-state index in [1.807, 2.05) is 35.4 Å². The van der Waals surface area contributed by atoms with Crippen LogP contribution < -0.4 is 0 Å². The highest BCUT2D eigenvalue weighted by molar-refractivity contribution is 5.79. The van der Waals surface area contributed by atoms with E-state index in [0.29, 0.717) is 19.0 Å². The first-order chi connectivity index (χ1) is 11.3. The summed E-state index contributed by atoms with van der Waals surface area (Å²) in [5, 5.41) is 0. The van der Waals surface area contributed by atoms with Crippen LogP contribution in [0.2, 0.25) is 0 Å². The number of carbonyl (C=O) groups excluding carboxylic acids is 1. The number of aromatic nitrogens is 1. The van der Waals surface area contributed by atoms with Crippen LogP contribution in [0.5, 0.6) is 0 Å². The van der Waals surface area contributed by atoms with Gasteiger partial charge in [-0.3, -0.25) is 9.78 Å². The van der Waals surface area contributed by atoms with Crippen molar-refractivity contribution in [3.05, 3.63) is 54.2 Å². The molecular weight excluding hydrogens is 288 g/mol. The average Bonchev–Trinajstić information content (AvgIpc) is 3.32. The summed E-state index contributed by atoms with van der Waals surface area (Å²) in [6.45, 7) is 1.13. The molecule has 2 saturated carbocycles. The maximum atomic E-state index is 13.1. The molecule has 4 nitrogen and oxygen atoms in total. The van der Waals surface area contributed by atoms with Gasteiger partial charge < -0.3 is 9.32 Å². The van der Waals surface area contributed by atoms with Crippen LogP contribution in [0.4, 0.5) is 0 Å². The van der Waals surface area contributed by atoms with Crippen LogP contribution in [0.15, 0.2) is 47.3 Å². The fourth-order valence-corrected chi connectivity index (χ4v) is 4.30. The predicted molar refractivity (Wildman–Crippen MR) is 86.1 cm³/mol. The Morgan fingerprint density at radius 1 is 1.22 bits per heavy atom. The smallest absolute Gasteiger partial charge is 0.226 e. The predicted octanol–water partition coefficient (Wildman–Crippen LogP) is 3.64. The Morgan fingerprint density at radius 2 is 2.17 bits per heavy atom. The van der Waals surface area contributed by atoms with Gasteiger partial charge in [0.2, 0.25) is 5.91 Å². The van der Waals surface area contributed by atoms with Crippen LogP contribution in [0.25, 0.3) is 0 Å². The second kappa shape index (κ2) is 6.19. The molecule has 2 aliphatic carbocycles. The number of carbonyl (C=O) groups is 1. The molecule has 0 aliphatic heterocycles. The van der Waals surface area contributed by atoms with E-state index in [1.54, 1.807) is 12.5 Å². The van der Waals surface area contributed by atoms with E-state index in [0.717, 1.165) is 23.7 Å². The highest BCUT2D eigenvalue weighted by Crippen LogP contribution is 2.49. The van der Waals surface area contributed by atoms with Crippen molar-refractivity contribution >= 4 is 5.91 Å². The zero-order valence-corrected chi connectivity index (χ0v) is 13.2. The van der Waals surface area contributed by atoms with Gasteiger partial charge in [0.15, 0.2) is 0 Å². The molecule has 0 spiro atoms. The molecule has 120 valence electrons. The van der Waals surface area contributed by atoms with E-state index < -0.39 is 0 Å². The number of amides is 1. The van der Waals surface area contributed by atoms with E-state index in [9.17, 15) is 4.79 Å². The quantitative estimate of drug-likeness (QED) is 0.847. The van der Waals surface area contributed by atoms with Crippen LogP contribution in [0, 0.1) is 17.8 Å². The molecule has 2 aromatic rings. The first kappa shape index (κ1) is 14.5. The number of nitrogens with zero attached hydrogens (tertiary/aromatic N) is 2. The van der Waals surface area contributed by atoms with Crippen LogP contribution in [0.1, 0.15) is 37.0 Å². The molecule has 2 bridgehead atoms. The number of fused-ring (bicyclic) bond motifs is 2. The van der Waals surface area contributed by atoms with Gasteiger partial charge in [-0.15, -0.1) is 0 Å². The van der Waals surface area contributed by atoms with E-state index in [1.165, 1.54) is 19.3 Å². The molecule has 23 heavy (non-hydrogen) atoms. The largest absolute Gasteiger partial charge is 0.467 e. The molecule has 4 heteroatoms. The molecule has 2 aromatic heterocycles. The third-order valence-electron chi connectivity index (χ3n) is 5.39. The van der Waals surface area contributed by atoms with E-state index in [-0.39, 0.29) is 11.8 Å². The van der Waals surface area contributed by atoms with Gasteiger partial charge in [-0.2, -0.15) is 0 Å². The topological polar surface area (TPSA) is 46.3 Å². The lowest BCUT2D eigenvalue weighted by Gasteiger charge is -2.29. The monoisotopic (exact) mass is 310 g/mol. The summed E-state index contributed by atoms with van der Waals surface area (Å²) in [6.07, 6.45) is 10.1. The van der Waals surface area contributed by atoms with Gasteiger partial charge in [-0.25, -0.2) is 0 Å². The van der Waals surface area contributed by atoms with Crippen LogP contribution in [-0.4, -0.2) is 15.8 Å². The summed E-state index contributed by atoms with van der Waals surface area (Å²) in [5.74, 6) is 2.71. The third kappa shape index (κ3) is 3.03. The second-order valence-electron chi connectivity index (χ2n) is 6.92. The Balaban J connectivity index is 1.53. The molecule has 0 radical (unpaired) electrons. The van der Waals surface area contributed by atoms with Crippen molar-refractivity contribution in [2.75, 3.05) is 0 Å². The number of hydrogen-bond acceptors (Lipinski definition) is 3. The molecule has 4 rings (SSSR count). The molecule has 2 heterocycles. The number of furan rings is 1. The van der Waals surface area contributed by atoms with Gasteiger partial charge in [0.25, 0.3) is 0 Å². The van der Waals surface area contributed by atoms with Crippen molar-refractivity contribution in [2.45, 2.75) is 38.8 Å². The van der Waals surface area contributed by atoms with Gasteiger partial charge in [-0.05, 0) is 54.9 Å². The Kier molecular flexibility index (Phi) is 3.90. The van der Waals surface area contributed by atoms with Crippen molar-refractivity contribution in [1.82, 2.24) is 9.88 Å². The van der Waals surface area contributed by atoms with Gasteiger partial charge in [0.05, 0.1) is 12.8 Å². The zero-order valence-electron chi connectivity index (χ0n) is 13.2. The lowest BCUT2D eigenvalue weighted by molar-refractivity contribution is -0.138. The fourth-order valence-electron chi connectivity index (χ4n) is 4.30. The van der Waals surface area contributed by atoms with Gasteiger partial charge in [0.1, 0.15) is 5.76 Å². The maximum absolute atomic E-state index is 13.1. The van der Waals surface area contributed by atoms with Crippen molar-refractivity contribution in [1.29, 1.82) is 0 Å². The summed E-state index contributed by atoms with van der Waals surface area (Å²) in [4.78, 5) is 19.2. The minimum atomic E-state index is 0.209. The van der Waals surface area contributed by atoms with E-state index >= 15 is 0 Å².